The minimum absolute atomic E-state index is 0.000266. The lowest BCUT2D eigenvalue weighted by Gasteiger charge is -2.14. The molecule has 28 heavy (non-hydrogen) atoms. The van der Waals surface area contributed by atoms with Gasteiger partial charge in [0, 0.05) is 18.5 Å². The molecule has 6 heteroatoms. The summed E-state index contributed by atoms with van der Waals surface area (Å²) in [5.74, 6) is 1.33. The fourth-order valence-corrected chi connectivity index (χ4v) is 2.96. The van der Waals surface area contributed by atoms with Crippen LogP contribution in [0.2, 0.25) is 0 Å². The van der Waals surface area contributed by atoms with Gasteiger partial charge in [0.05, 0.1) is 18.8 Å². The van der Waals surface area contributed by atoms with Crippen molar-refractivity contribution in [3.05, 3.63) is 71.6 Å². The first kappa shape index (κ1) is 19.6. The highest BCUT2D eigenvalue weighted by molar-refractivity contribution is 5.69. The van der Waals surface area contributed by atoms with Crippen molar-refractivity contribution in [2.24, 2.45) is 0 Å². The van der Waals surface area contributed by atoms with Crippen molar-refractivity contribution in [1.29, 1.82) is 0 Å². The molecule has 0 unspecified atom stereocenters. The Balaban J connectivity index is 1.56. The number of likely N-dealkylation sites (N-methyl/N-ethyl adjacent to an activating group) is 1. The fourth-order valence-electron chi connectivity index (χ4n) is 2.96. The third-order valence-electron chi connectivity index (χ3n) is 4.28. The van der Waals surface area contributed by atoms with Gasteiger partial charge in [0.1, 0.15) is 11.5 Å². The molecule has 0 fully saturated rings. The molecule has 2 aromatic carbocycles. The van der Waals surface area contributed by atoms with E-state index in [1.807, 2.05) is 61.5 Å². The minimum Gasteiger partial charge on any atom is -0.493 e. The Morgan fingerprint density at radius 1 is 1.18 bits per heavy atom. The van der Waals surface area contributed by atoms with Crippen molar-refractivity contribution >= 4 is 5.97 Å². The molecule has 0 saturated carbocycles. The smallest absolute Gasteiger partial charge is 0.317 e. The second-order valence-electron chi connectivity index (χ2n) is 6.70. The zero-order valence-electron chi connectivity index (χ0n) is 16.1. The van der Waals surface area contributed by atoms with Crippen LogP contribution in [0.25, 0.3) is 11.5 Å². The number of aromatic nitrogens is 1. The number of carboxylic acid groups (broad SMARTS) is 1. The van der Waals surface area contributed by atoms with E-state index in [9.17, 15) is 4.79 Å². The van der Waals surface area contributed by atoms with E-state index in [2.05, 4.69) is 4.98 Å². The van der Waals surface area contributed by atoms with E-state index in [0.29, 0.717) is 25.5 Å². The number of carboxylic acids is 1. The first-order valence-corrected chi connectivity index (χ1v) is 9.15. The lowest BCUT2D eigenvalue weighted by Crippen LogP contribution is -2.25. The van der Waals surface area contributed by atoms with Crippen molar-refractivity contribution < 1.29 is 19.1 Å². The van der Waals surface area contributed by atoms with E-state index >= 15 is 0 Å². The number of aliphatic carboxylic acids is 1. The topological polar surface area (TPSA) is 75.8 Å². The molecule has 0 aliphatic rings. The number of ether oxygens (including phenoxy) is 1. The Bertz CT molecular complexity index is 921. The summed E-state index contributed by atoms with van der Waals surface area (Å²) in [6.45, 7) is 2.94. The number of hydrogen-bond donors (Lipinski definition) is 1. The molecule has 0 aliphatic carbocycles. The summed E-state index contributed by atoms with van der Waals surface area (Å²) in [7, 11) is 1.78. The molecule has 3 rings (SSSR count). The Labute approximate surface area is 164 Å². The number of oxazole rings is 1. The molecule has 3 aromatic rings. The summed E-state index contributed by atoms with van der Waals surface area (Å²) < 4.78 is 11.6. The average Bonchev–Trinajstić information content (AvgIpc) is 3.03. The molecule has 1 N–H and O–H groups in total. The highest BCUT2D eigenvalue weighted by Gasteiger charge is 2.11. The lowest BCUT2D eigenvalue weighted by molar-refractivity contribution is -0.138. The van der Waals surface area contributed by atoms with Crippen LogP contribution in [0.3, 0.4) is 0 Å². The molecule has 0 amide bonds. The van der Waals surface area contributed by atoms with Crippen LogP contribution in [-0.2, 0) is 17.8 Å². The third kappa shape index (κ3) is 5.44. The molecule has 1 aromatic heterocycles. The average molecular weight is 380 g/mol. The number of nitrogens with zero attached hydrogens (tertiary/aromatic N) is 2. The van der Waals surface area contributed by atoms with Crippen molar-refractivity contribution in [1.82, 2.24) is 9.88 Å². The van der Waals surface area contributed by atoms with E-state index in [1.165, 1.54) is 0 Å². The van der Waals surface area contributed by atoms with Gasteiger partial charge in [-0.15, -0.1) is 0 Å². The van der Waals surface area contributed by atoms with E-state index in [1.54, 1.807) is 11.9 Å². The van der Waals surface area contributed by atoms with Gasteiger partial charge in [0.15, 0.2) is 0 Å². The highest BCUT2D eigenvalue weighted by Crippen LogP contribution is 2.22. The fraction of sp³-hybridized carbons (Fsp3) is 0.273. The van der Waals surface area contributed by atoms with Gasteiger partial charge in [0.2, 0.25) is 5.89 Å². The zero-order chi connectivity index (χ0) is 19.9. The quantitative estimate of drug-likeness (QED) is 0.609. The summed E-state index contributed by atoms with van der Waals surface area (Å²) >= 11 is 0. The molecular weight excluding hydrogens is 356 g/mol. The van der Waals surface area contributed by atoms with Crippen molar-refractivity contribution in [3.8, 4) is 17.2 Å². The van der Waals surface area contributed by atoms with Gasteiger partial charge in [-0.1, -0.05) is 30.3 Å². The first-order valence-electron chi connectivity index (χ1n) is 9.15. The highest BCUT2D eigenvalue weighted by atomic mass is 16.5. The molecule has 0 saturated heterocycles. The summed E-state index contributed by atoms with van der Waals surface area (Å²) in [6.07, 6.45) is 0.644. The number of rotatable bonds is 9. The van der Waals surface area contributed by atoms with E-state index in [-0.39, 0.29) is 6.54 Å². The number of aryl methyl sites for hydroxylation is 1. The molecule has 0 bridgehead atoms. The Kier molecular flexibility index (Phi) is 6.45. The van der Waals surface area contributed by atoms with E-state index < -0.39 is 5.97 Å². The molecule has 0 aliphatic heterocycles. The van der Waals surface area contributed by atoms with Crippen LogP contribution in [0.1, 0.15) is 17.0 Å². The summed E-state index contributed by atoms with van der Waals surface area (Å²) in [5, 5.41) is 8.86. The largest absolute Gasteiger partial charge is 0.493 e. The van der Waals surface area contributed by atoms with Gasteiger partial charge < -0.3 is 14.3 Å². The van der Waals surface area contributed by atoms with Gasteiger partial charge in [-0.2, -0.15) is 0 Å². The predicted molar refractivity (Wildman–Crippen MR) is 106 cm³/mol. The number of carbonyl (C=O) groups is 1. The second kappa shape index (κ2) is 9.19. The SMILES string of the molecule is Cc1oc(-c2ccccc2)nc1CCOc1cccc(CN(C)CC(=O)O)c1. The van der Waals surface area contributed by atoms with Crippen molar-refractivity contribution in [2.45, 2.75) is 19.9 Å². The van der Waals surface area contributed by atoms with Gasteiger partial charge in [0.25, 0.3) is 0 Å². The Morgan fingerprint density at radius 3 is 2.71 bits per heavy atom. The standard InChI is InChI=1S/C22H24N2O4/c1-16-20(23-22(28-16)18-8-4-3-5-9-18)11-12-27-19-10-6-7-17(13-19)14-24(2)15-21(25)26/h3-10,13H,11-12,14-15H2,1-2H3,(H,25,26). The predicted octanol–water partition coefficient (Wildman–Crippen LogP) is 3.79. The van der Waals surface area contributed by atoms with Crippen LogP contribution in [0.4, 0.5) is 0 Å². The number of hydrogen-bond acceptors (Lipinski definition) is 5. The van der Waals surface area contributed by atoms with Gasteiger partial charge in [-0.05, 0) is 43.8 Å². The lowest BCUT2D eigenvalue weighted by atomic mass is 10.2. The minimum atomic E-state index is -0.840. The van der Waals surface area contributed by atoms with Gasteiger partial charge in [-0.3, -0.25) is 9.69 Å². The molecule has 1 heterocycles. The Hall–Kier alpha value is -3.12. The third-order valence-corrected chi connectivity index (χ3v) is 4.28. The molecule has 0 spiro atoms. The molecule has 6 nitrogen and oxygen atoms in total. The van der Waals surface area contributed by atoms with Crippen LogP contribution >= 0.6 is 0 Å². The summed E-state index contributed by atoms with van der Waals surface area (Å²) in [5.41, 5.74) is 2.84. The van der Waals surface area contributed by atoms with E-state index in [4.69, 9.17) is 14.3 Å². The molecule has 146 valence electrons. The van der Waals surface area contributed by atoms with Crippen LogP contribution in [0, 0.1) is 6.92 Å². The maximum Gasteiger partial charge on any atom is 0.317 e. The first-order chi connectivity index (χ1) is 13.5. The summed E-state index contributed by atoms with van der Waals surface area (Å²) in [4.78, 5) is 17.1. The molecule has 0 atom stereocenters. The maximum atomic E-state index is 10.8. The number of benzene rings is 2. The summed E-state index contributed by atoms with van der Waals surface area (Å²) in [6, 6.07) is 17.5. The maximum absolute atomic E-state index is 10.8. The second-order valence-corrected chi connectivity index (χ2v) is 6.70. The molecule has 0 radical (unpaired) electrons. The monoisotopic (exact) mass is 380 g/mol. The molecular formula is C22H24N2O4. The normalized spacial score (nSPS) is 11.0. The van der Waals surface area contributed by atoms with Crippen LogP contribution in [-0.4, -0.2) is 41.2 Å². The van der Waals surface area contributed by atoms with Gasteiger partial charge >= 0.3 is 5.97 Å². The van der Waals surface area contributed by atoms with Crippen LogP contribution in [0.15, 0.2) is 59.0 Å². The van der Waals surface area contributed by atoms with Gasteiger partial charge in [-0.25, -0.2) is 4.98 Å². The van der Waals surface area contributed by atoms with Crippen LogP contribution < -0.4 is 4.74 Å². The van der Waals surface area contributed by atoms with E-state index in [0.717, 1.165) is 28.3 Å². The zero-order valence-corrected chi connectivity index (χ0v) is 16.1. The van der Waals surface area contributed by atoms with Crippen molar-refractivity contribution in [3.63, 3.8) is 0 Å². The Morgan fingerprint density at radius 2 is 1.96 bits per heavy atom. The van der Waals surface area contributed by atoms with Crippen LogP contribution in [0.5, 0.6) is 5.75 Å². The van der Waals surface area contributed by atoms with Crippen molar-refractivity contribution in [2.75, 3.05) is 20.2 Å².